The SMILES string of the molecule is CC(O)Cc1ccc(CN2CCCC2)c(F)c1. The van der Waals surface area contributed by atoms with E-state index >= 15 is 0 Å². The number of hydrogen-bond acceptors (Lipinski definition) is 2. The maximum Gasteiger partial charge on any atom is 0.127 e. The van der Waals surface area contributed by atoms with Crippen molar-refractivity contribution < 1.29 is 9.50 Å². The van der Waals surface area contributed by atoms with Crippen molar-refractivity contribution in [2.45, 2.75) is 38.8 Å². The van der Waals surface area contributed by atoms with Crippen molar-refractivity contribution in [3.63, 3.8) is 0 Å². The summed E-state index contributed by atoms with van der Waals surface area (Å²) in [6.07, 6.45) is 2.54. The first-order valence-corrected chi connectivity index (χ1v) is 6.33. The number of likely N-dealkylation sites (tertiary alicyclic amines) is 1. The monoisotopic (exact) mass is 237 g/mol. The van der Waals surface area contributed by atoms with Gasteiger partial charge in [-0.1, -0.05) is 12.1 Å². The summed E-state index contributed by atoms with van der Waals surface area (Å²) in [5.41, 5.74) is 1.63. The second-order valence-corrected chi connectivity index (χ2v) is 4.96. The number of halogens is 1. The van der Waals surface area contributed by atoms with Gasteiger partial charge in [0.05, 0.1) is 6.10 Å². The fraction of sp³-hybridized carbons (Fsp3) is 0.571. The average Bonchev–Trinajstić information content (AvgIpc) is 2.74. The minimum atomic E-state index is -0.418. The van der Waals surface area contributed by atoms with Crippen molar-refractivity contribution in [1.29, 1.82) is 0 Å². The van der Waals surface area contributed by atoms with E-state index < -0.39 is 6.10 Å². The molecule has 1 saturated heterocycles. The summed E-state index contributed by atoms with van der Waals surface area (Å²) in [5, 5.41) is 9.27. The van der Waals surface area contributed by atoms with Gasteiger partial charge in [0.25, 0.3) is 0 Å². The zero-order chi connectivity index (χ0) is 12.3. The molecule has 1 aliphatic rings. The molecule has 0 aromatic heterocycles. The Morgan fingerprint density at radius 3 is 2.65 bits per heavy atom. The molecular weight excluding hydrogens is 217 g/mol. The number of aliphatic hydroxyl groups excluding tert-OH is 1. The van der Waals surface area contributed by atoms with Crippen LogP contribution in [0.2, 0.25) is 0 Å². The van der Waals surface area contributed by atoms with Crippen molar-refractivity contribution >= 4 is 0 Å². The van der Waals surface area contributed by atoms with Gasteiger partial charge in [-0.05, 0) is 50.9 Å². The van der Waals surface area contributed by atoms with E-state index in [0.29, 0.717) is 13.0 Å². The topological polar surface area (TPSA) is 23.5 Å². The number of hydrogen-bond donors (Lipinski definition) is 1. The number of rotatable bonds is 4. The molecule has 3 heteroatoms. The lowest BCUT2D eigenvalue weighted by Gasteiger charge is -2.15. The smallest absolute Gasteiger partial charge is 0.127 e. The van der Waals surface area contributed by atoms with Crippen LogP contribution in [-0.4, -0.2) is 29.2 Å². The van der Waals surface area contributed by atoms with Crippen molar-refractivity contribution in [3.8, 4) is 0 Å². The molecule has 0 radical (unpaired) electrons. The molecule has 1 atom stereocenters. The lowest BCUT2D eigenvalue weighted by molar-refractivity contribution is 0.195. The van der Waals surface area contributed by atoms with E-state index in [-0.39, 0.29) is 5.82 Å². The van der Waals surface area contributed by atoms with E-state index in [9.17, 15) is 9.50 Å². The van der Waals surface area contributed by atoms with Gasteiger partial charge in [0.15, 0.2) is 0 Å². The molecule has 2 rings (SSSR count). The second-order valence-electron chi connectivity index (χ2n) is 4.96. The summed E-state index contributed by atoms with van der Waals surface area (Å²) in [5.74, 6) is -0.143. The molecular formula is C14H20FNO. The normalized spacial score (nSPS) is 18.5. The van der Waals surface area contributed by atoms with Gasteiger partial charge in [-0.15, -0.1) is 0 Å². The largest absolute Gasteiger partial charge is 0.393 e. The summed E-state index contributed by atoms with van der Waals surface area (Å²) in [4.78, 5) is 2.28. The third-order valence-electron chi connectivity index (χ3n) is 3.24. The third kappa shape index (κ3) is 3.51. The van der Waals surface area contributed by atoms with Crippen LogP contribution < -0.4 is 0 Å². The fourth-order valence-corrected chi connectivity index (χ4v) is 2.37. The van der Waals surface area contributed by atoms with Gasteiger partial charge in [0.2, 0.25) is 0 Å². The van der Waals surface area contributed by atoms with Crippen molar-refractivity contribution in [3.05, 3.63) is 35.1 Å². The highest BCUT2D eigenvalue weighted by molar-refractivity contribution is 5.25. The van der Waals surface area contributed by atoms with E-state index in [1.165, 1.54) is 12.8 Å². The molecule has 0 bridgehead atoms. The van der Waals surface area contributed by atoms with Gasteiger partial charge in [0.1, 0.15) is 5.82 Å². The van der Waals surface area contributed by atoms with Crippen molar-refractivity contribution in [1.82, 2.24) is 4.90 Å². The Labute approximate surface area is 102 Å². The van der Waals surface area contributed by atoms with Gasteiger partial charge >= 0.3 is 0 Å². The molecule has 94 valence electrons. The van der Waals surface area contributed by atoms with Gasteiger partial charge in [-0.25, -0.2) is 4.39 Å². The van der Waals surface area contributed by atoms with E-state index in [2.05, 4.69) is 4.90 Å². The number of benzene rings is 1. The lowest BCUT2D eigenvalue weighted by Crippen LogP contribution is -2.19. The van der Waals surface area contributed by atoms with E-state index in [1.54, 1.807) is 13.0 Å². The molecule has 1 unspecified atom stereocenters. The Kier molecular flexibility index (Phi) is 4.13. The first kappa shape index (κ1) is 12.5. The molecule has 1 fully saturated rings. The molecule has 1 aromatic carbocycles. The molecule has 0 saturated carbocycles. The number of aliphatic hydroxyl groups is 1. The third-order valence-corrected chi connectivity index (χ3v) is 3.24. The van der Waals surface area contributed by atoms with Crippen LogP contribution in [-0.2, 0) is 13.0 Å². The van der Waals surface area contributed by atoms with Gasteiger partial charge in [0, 0.05) is 12.1 Å². The summed E-state index contributed by atoms with van der Waals surface area (Å²) < 4.78 is 13.8. The van der Waals surface area contributed by atoms with Gasteiger partial charge in [-0.2, -0.15) is 0 Å². The van der Waals surface area contributed by atoms with Gasteiger partial charge < -0.3 is 5.11 Å². The van der Waals surface area contributed by atoms with E-state index in [1.807, 2.05) is 12.1 Å². The molecule has 1 heterocycles. The maximum absolute atomic E-state index is 13.8. The van der Waals surface area contributed by atoms with Crippen LogP contribution in [0.5, 0.6) is 0 Å². The summed E-state index contributed by atoms with van der Waals surface area (Å²) in [6, 6.07) is 5.32. The Hall–Kier alpha value is -0.930. The highest BCUT2D eigenvalue weighted by Gasteiger charge is 2.14. The van der Waals surface area contributed by atoms with Crippen LogP contribution in [0.3, 0.4) is 0 Å². The maximum atomic E-state index is 13.8. The van der Waals surface area contributed by atoms with Crippen LogP contribution >= 0.6 is 0 Å². The lowest BCUT2D eigenvalue weighted by atomic mass is 10.1. The first-order chi connectivity index (χ1) is 8.15. The van der Waals surface area contributed by atoms with Crippen LogP contribution in [0.15, 0.2) is 18.2 Å². The van der Waals surface area contributed by atoms with Crippen LogP contribution in [0.4, 0.5) is 4.39 Å². The Morgan fingerprint density at radius 2 is 2.06 bits per heavy atom. The standard InChI is InChI=1S/C14H20FNO/c1-11(17)8-12-4-5-13(14(15)9-12)10-16-6-2-3-7-16/h4-5,9,11,17H,2-3,6-8,10H2,1H3. The zero-order valence-electron chi connectivity index (χ0n) is 10.3. The molecule has 2 nitrogen and oxygen atoms in total. The average molecular weight is 237 g/mol. The molecule has 0 amide bonds. The molecule has 1 aromatic rings. The quantitative estimate of drug-likeness (QED) is 0.869. The number of nitrogens with zero attached hydrogens (tertiary/aromatic N) is 1. The summed E-state index contributed by atoms with van der Waals surface area (Å²) >= 11 is 0. The Morgan fingerprint density at radius 1 is 1.35 bits per heavy atom. The highest BCUT2D eigenvalue weighted by Crippen LogP contribution is 2.17. The Bertz CT molecular complexity index is 372. The Balaban J connectivity index is 2.03. The van der Waals surface area contributed by atoms with Crippen molar-refractivity contribution in [2.75, 3.05) is 13.1 Å². The van der Waals surface area contributed by atoms with E-state index in [0.717, 1.165) is 24.2 Å². The minimum Gasteiger partial charge on any atom is -0.393 e. The molecule has 0 aliphatic carbocycles. The highest BCUT2D eigenvalue weighted by atomic mass is 19.1. The summed E-state index contributed by atoms with van der Waals surface area (Å²) in [6.45, 7) is 4.58. The van der Waals surface area contributed by atoms with Gasteiger partial charge in [-0.3, -0.25) is 4.90 Å². The molecule has 1 N–H and O–H groups in total. The predicted molar refractivity (Wildman–Crippen MR) is 66.3 cm³/mol. The molecule has 1 aliphatic heterocycles. The summed E-state index contributed by atoms with van der Waals surface area (Å²) in [7, 11) is 0. The predicted octanol–water partition coefficient (Wildman–Crippen LogP) is 2.34. The molecule has 17 heavy (non-hydrogen) atoms. The molecule has 0 spiro atoms. The van der Waals surface area contributed by atoms with Crippen LogP contribution in [0.1, 0.15) is 30.9 Å². The fourth-order valence-electron chi connectivity index (χ4n) is 2.37. The minimum absolute atomic E-state index is 0.143. The van der Waals surface area contributed by atoms with E-state index in [4.69, 9.17) is 0 Å². The van der Waals surface area contributed by atoms with Crippen molar-refractivity contribution in [2.24, 2.45) is 0 Å². The second kappa shape index (κ2) is 5.61. The van der Waals surface area contributed by atoms with Crippen LogP contribution in [0, 0.1) is 5.82 Å². The first-order valence-electron chi connectivity index (χ1n) is 6.33. The zero-order valence-corrected chi connectivity index (χ0v) is 10.3. The van der Waals surface area contributed by atoms with Crippen LogP contribution in [0.25, 0.3) is 0 Å².